The maximum Gasteiger partial charge on any atom is 0.410 e. The number of carbonyl (C=O) groups excluding carboxylic acids is 2. The average molecular weight is 267 g/mol. The summed E-state index contributed by atoms with van der Waals surface area (Å²) >= 11 is 0. The molecule has 2 N–H and O–H groups in total. The minimum atomic E-state index is -0.304. The Bertz CT molecular complexity index is 516. The summed E-state index contributed by atoms with van der Waals surface area (Å²) in [6.07, 6.45) is -0.304. The molecule has 3 heterocycles. The fourth-order valence-electron chi connectivity index (χ4n) is 2.27. The molecule has 0 radical (unpaired) electrons. The van der Waals surface area contributed by atoms with E-state index in [1.54, 1.807) is 9.80 Å². The molecule has 102 valence electrons. The zero-order chi connectivity index (χ0) is 13.4. The molecule has 1 atom stereocenters. The lowest BCUT2D eigenvalue weighted by molar-refractivity contribution is -0.134. The van der Waals surface area contributed by atoms with E-state index in [-0.39, 0.29) is 30.5 Å². The van der Waals surface area contributed by atoms with Crippen molar-refractivity contribution in [3.05, 3.63) is 0 Å². The van der Waals surface area contributed by atoms with Crippen LogP contribution in [0.15, 0.2) is 0 Å². The smallest absolute Gasteiger partial charge is 0.410 e. The van der Waals surface area contributed by atoms with Crippen molar-refractivity contribution < 1.29 is 14.3 Å². The van der Waals surface area contributed by atoms with E-state index in [4.69, 9.17) is 10.5 Å². The van der Waals surface area contributed by atoms with E-state index in [0.717, 1.165) is 0 Å². The highest BCUT2D eigenvalue weighted by Gasteiger charge is 2.38. The zero-order valence-electron chi connectivity index (χ0n) is 10.1. The van der Waals surface area contributed by atoms with Gasteiger partial charge >= 0.3 is 6.09 Å². The molecule has 1 unspecified atom stereocenters. The maximum atomic E-state index is 12.1. The Morgan fingerprint density at radius 1 is 1.47 bits per heavy atom. The molecule has 0 saturated carbocycles. The van der Waals surface area contributed by atoms with Gasteiger partial charge in [0, 0.05) is 19.6 Å². The van der Waals surface area contributed by atoms with Crippen molar-refractivity contribution in [2.75, 3.05) is 32.0 Å². The largest absolute Gasteiger partial charge is 0.447 e. The first-order chi connectivity index (χ1) is 9.15. The van der Waals surface area contributed by atoms with Crippen molar-refractivity contribution in [2.45, 2.75) is 12.6 Å². The van der Waals surface area contributed by atoms with Crippen LogP contribution < -0.4 is 5.73 Å². The summed E-state index contributed by atoms with van der Waals surface area (Å²) in [4.78, 5) is 26.8. The van der Waals surface area contributed by atoms with Crippen LogP contribution in [0.3, 0.4) is 0 Å². The summed E-state index contributed by atoms with van der Waals surface area (Å²) in [5, 5.41) is 10.5. The molecule has 2 fully saturated rings. The van der Waals surface area contributed by atoms with Gasteiger partial charge in [0.05, 0.1) is 6.04 Å². The van der Waals surface area contributed by atoms with Crippen LogP contribution >= 0.6 is 0 Å². The predicted molar refractivity (Wildman–Crippen MR) is 60.7 cm³/mol. The zero-order valence-corrected chi connectivity index (χ0v) is 10.1. The number of piperazine rings is 1. The van der Waals surface area contributed by atoms with Crippen LogP contribution in [0.1, 0.15) is 0 Å². The summed E-state index contributed by atoms with van der Waals surface area (Å²) in [5.41, 5.74) is 5.51. The quantitative estimate of drug-likeness (QED) is 0.652. The monoisotopic (exact) mass is 267 g/mol. The normalized spacial score (nSPS) is 22.3. The number of hydrogen-bond acceptors (Lipinski definition) is 7. The molecule has 1 aromatic heterocycles. The lowest BCUT2D eigenvalue weighted by atomic mass is 10.2. The molecule has 10 heteroatoms. The van der Waals surface area contributed by atoms with Crippen molar-refractivity contribution in [3.8, 4) is 0 Å². The van der Waals surface area contributed by atoms with Crippen LogP contribution in [0.4, 0.5) is 10.7 Å². The van der Waals surface area contributed by atoms with Gasteiger partial charge in [0.25, 0.3) is 0 Å². The molecule has 0 spiro atoms. The summed E-state index contributed by atoms with van der Waals surface area (Å²) in [5.74, 6) is -0.0237. The van der Waals surface area contributed by atoms with Crippen molar-refractivity contribution >= 4 is 17.9 Å². The van der Waals surface area contributed by atoms with E-state index in [1.807, 2.05) is 0 Å². The second kappa shape index (κ2) is 4.37. The summed E-state index contributed by atoms with van der Waals surface area (Å²) in [6.45, 7) is 1.76. The maximum absolute atomic E-state index is 12.1. The molecule has 10 nitrogen and oxygen atoms in total. The predicted octanol–water partition coefficient (Wildman–Crippen LogP) is -2.08. The van der Waals surface area contributed by atoms with Crippen LogP contribution in [0.25, 0.3) is 0 Å². The number of nitrogen functional groups attached to an aromatic ring is 1. The molecular weight excluding hydrogens is 254 g/mol. The van der Waals surface area contributed by atoms with Crippen molar-refractivity contribution in [1.29, 1.82) is 0 Å². The number of hydrogen-bond donors (Lipinski definition) is 1. The number of rotatable bonds is 2. The minimum absolute atomic E-state index is 0.000354. The highest BCUT2D eigenvalue weighted by molar-refractivity contribution is 5.77. The van der Waals surface area contributed by atoms with Crippen molar-refractivity contribution in [1.82, 2.24) is 30.0 Å². The molecule has 2 aliphatic rings. The number of tetrazole rings is 1. The summed E-state index contributed by atoms with van der Waals surface area (Å²) < 4.78 is 6.19. The third-order valence-corrected chi connectivity index (χ3v) is 3.31. The summed E-state index contributed by atoms with van der Waals surface area (Å²) in [6, 6.07) is -0.0589. The molecule has 2 aliphatic heterocycles. The average Bonchev–Trinajstić information content (AvgIpc) is 2.97. The molecule has 0 aliphatic carbocycles. The van der Waals surface area contributed by atoms with E-state index >= 15 is 0 Å². The van der Waals surface area contributed by atoms with Crippen LogP contribution in [-0.2, 0) is 16.1 Å². The van der Waals surface area contributed by atoms with Crippen LogP contribution in [-0.4, -0.2) is 74.3 Å². The van der Waals surface area contributed by atoms with Gasteiger partial charge in [-0.2, -0.15) is 0 Å². The SMILES string of the molecule is Nc1nnnn1CC(=O)N1CCN2C(=O)OCC2C1. The molecule has 0 aromatic carbocycles. The first-order valence-electron chi connectivity index (χ1n) is 5.88. The van der Waals surface area contributed by atoms with Gasteiger partial charge in [-0.25, -0.2) is 9.48 Å². The number of nitrogens with zero attached hydrogens (tertiary/aromatic N) is 6. The molecule has 2 amide bonds. The number of carbonyl (C=O) groups is 2. The number of amides is 2. The van der Waals surface area contributed by atoms with Gasteiger partial charge in [0.15, 0.2) is 0 Å². The first-order valence-corrected chi connectivity index (χ1v) is 5.88. The molecular formula is C9H13N7O3. The van der Waals surface area contributed by atoms with Crippen molar-refractivity contribution in [2.24, 2.45) is 0 Å². The second-order valence-electron chi connectivity index (χ2n) is 4.46. The third-order valence-electron chi connectivity index (χ3n) is 3.31. The van der Waals surface area contributed by atoms with Crippen LogP contribution in [0.5, 0.6) is 0 Å². The van der Waals surface area contributed by atoms with E-state index in [2.05, 4.69) is 15.5 Å². The number of aromatic nitrogens is 4. The second-order valence-corrected chi connectivity index (χ2v) is 4.46. The Hall–Kier alpha value is -2.39. The number of nitrogens with two attached hydrogens (primary N) is 1. The van der Waals surface area contributed by atoms with E-state index in [0.29, 0.717) is 26.2 Å². The fraction of sp³-hybridized carbons (Fsp3) is 0.667. The van der Waals surface area contributed by atoms with E-state index in [9.17, 15) is 9.59 Å². The van der Waals surface area contributed by atoms with Gasteiger partial charge < -0.3 is 15.4 Å². The highest BCUT2D eigenvalue weighted by atomic mass is 16.6. The Labute approximate surface area is 108 Å². The third kappa shape index (κ3) is 2.04. The lowest BCUT2D eigenvalue weighted by Gasteiger charge is -2.35. The van der Waals surface area contributed by atoms with Gasteiger partial charge in [-0.15, -0.1) is 0 Å². The van der Waals surface area contributed by atoms with E-state index < -0.39 is 0 Å². The molecule has 0 bridgehead atoms. The topological polar surface area (TPSA) is 119 Å². The number of ether oxygens (including phenoxy) is 1. The van der Waals surface area contributed by atoms with Gasteiger partial charge in [-0.3, -0.25) is 9.69 Å². The number of fused-ring (bicyclic) bond motifs is 1. The summed E-state index contributed by atoms with van der Waals surface area (Å²) in [7, 11) is 0. The molecule has 2 saturated heterocycles. The highest BCUT2D eigenvalue weighted by Crippen LogP contribution is 2.18. The van der Waals surface area contributed by atoms with Gasteiger partial charge in [-0.1, -0.05) is 5.10 Å². The van der Waals surface area contributed by atoms with E-state index in [1.165, 1.54) is 4.68 Å². The Morgan fingerprint density at radius 3 is 3.05 bits per heavy atom. The molecule has 1 aromatic rings. The Balaban J connectivity index is 1.63. The standard InChI is InChI=1S/C9H13N7O3/c10-8-11-12-13-16(8)4-7(17)14-1-2-15-6(3-14)5-19-9(15)18/h6H,1-5H2,(H2,10,11,13). The molecule has 3 rings (SSSR count). The van der Waals surface area contributed by atoms with Crippen LogP contribution in [0.2, 0.25) is 0 Å². The number of cyclic esters (lactones) is 1. The van der Waals surface area contributed by atoms with Gasteiger partial charge in [-0.05, 0) is 10.4 Å². The Morgan fingerprint density at radius 2 is 2.32 bits per heavy atom. The molecule has 19 heavy (non-hydrogen) atoms. The Kier molecular flexibility index (Phi) is 2.69. The lowest BCUT2D eigenvalue weighted by Crippen LogP contribution is -2.54. The minimum Gasteiger partial charge on any atom is -0.447 e. The van der Waals surface area contributed by atoms with Gasteiger partial charge in [0.2, 0.25) is 11.9 Å². The van der Waals surface area contributed by atoms with Crippen molar-refractivity contribution in [3.63, 3.8) is 0 Å². The van der Waals surface area contributed by atoms with Gasteiger partial charge in [0.1, 0.15) is 13.2 Å². The number of anilines is 1. The fourth-order valence-corrected chi connectivity index (χ4v) is 2.27. The van der Waals surface area contributed by atoms with Crippen LogP contribution in [0, 0.1) is 0 Å². The first kappa shape index (κ1) is 11.7.